The van der Waals surface area contributed by atoms with Gasteiger partial charge in [-0.25, -0.2) is 0 Å². The van der Waals surface area contributed by atoms with E-state index in [4.69, 9.17) is 0 Å². The lowest BCUT2D eigenvalue weighted by atomic mass is 9.44. The second-order valence-corrected chi connectivity index (χ2v) is 12.8. The molecule has 0 heterocycles. The summed E-state index contributed by atoms with van der Waals surface area (Å²) < 4.78 is 0. The fourth-order valence-corrected chi connectivity index (χ4v) is 14.3. The van der Waals surface area contributed by atoms with Gasteiger partial charge in [0.25, 0.3) is 0 Å². The van der Waals surface area contributed by atoms with Crippen molar-refractivity contribution in [3.63, 3.8) is 0 Å². The molecule has 10 aliphatic carbocycles. The predicted molar refractivity (Wildman–Crippen MR) is 90.6 cm³/mol. The van der Waals surface area contributed by atoms with Crippen LogP contribution in [0.25, 0.3) is 0 Å². The molecule has 10 aliphatic rings. The van der Waals surface area contributed by atoms with E-state index in [9.17, 15) is 0 Å². The van der Waals surface area contributed by atoms with Gasteiger partial charge >= 0.3 is 0 Å². The van der Waals surface area contributed by atoms with Crippen molar-refractivity contribution < 1.29 is 0 Å². The summed E-state index contributed by atoms with van der Waals surface area (Å²) in [6.45, 7) is 5.60. The fourth-order valence-electron chi connectivity index (χ4n) is 14.3. The topological polar surface area (TPSA) is 0 Å². The summed E-state index contributed by atoms with van der Waals surface area (Å²) in [6.07, 6.45) is 6.65. The van der Waals surface area contributed by atoms with E-state index in [1.165, 1.54) is 59.2 Å². The first kappa shape index (κ1) is 11.5. The Balaban J connectivity index is 1.34. The third kappa shape index (κ3) is 0.652. The highest BCUT2D eigenvalue weighted by Gasteiger charge is 2.88. The largest absolute Gasteiger partial charge is 0.0599 e. The van der Waals surface area contributed by atoms with E-state index in [2.05, 4.69) is 25.0 Å². The van der Waals surface area contributed by atoms with Crippen LogP contribution in [0.3, 0.4) is 0 Å². The Morgan fingerprint density at radius 3 is 1.50 bits per heavy atom. The van der Waals surface area contributed by atoms with Crippen LogP contribution in [0.4, 0.5) is 0 Å². The molecule has 0 N–H and O–H groups in total. The molecule has 124 valence electrons. The maximum absolute atomic E-state index is 2.80. The Bertz CT molecular complexity index is 767. The lowest BCUT2D eigenvalue weighted by Crippen LogP contribution is -2.54. The van der Waals surface area contributed by atoms with Gasteiger partial charge in [-0.05, 0) is 119 Å². The number of allylic oxidation sites excluding steroid dienone is 2. The molecule has 24 heavy (non-hydrogen) atoms. The third-order valence-corrected chi connectivity index (χ3v) is 13.8. The van der Waals surface area contributed by atoms with Crippen LogP contribution >= 0.6 is 0 Å². The van der Waals surface area contributed by atoms with Crippen molar-refractivity contribution >= 4 is 0 Å². The number of fused-ring (bicyclic) bond motifs is 4. The number of hydrogen-bond donors (Lipinski definition) is 0. The van der Waals surface area contributed by atoms with Crippen LogP contribution in [0.2, 0.25) is 0 Å². The Morgan fingerprint density at radius 2 is 1.04 bits per heavy atom. The average Bonchev–Trinajstić information content (AvgIpc) is 3.27. The van der Waals surface area contributed by atoms with E-state index in [1.54, 1.807) is 25.7 Å². The van der Waals surface area contributed by atoms with Gasteiger partial charge in [-0.3, -0.25) is 0 Å². The minimum absolute atomic E-state index is 0.722. The summed E-state index contributed by atoms with van der Waals surface area (Å²) in [5.74, 6) is 16.4. The van der Waals surface area contributed by atoms with Gasteiger partial charge < -0.3 is 0 Å². The van der Waals surface area contributed by atoms with Gasteiger partial charge in [0, 0.05) is 0 Å². The first-order valence-electron chi connectivity index (χ1n) is 11.4. The molecule has 10 saturated carbocycles. The maximum atomic E-state index is 2.80. The normalized spacial score (nSPS) is 89.2. The van der Waals surface area contributed by atoms with Gasteiger partial charge in [-0.1, -0.05) is 25.0 Å². The summed E-state index contributed by atoms with van der Waals surface area (Å²) in [4.78, 5) is 0. The molecule has 0 aromatic carbocycles. The van der Waals surface area contributed by atoms with Crippen LogP contribution in [-0.2, 0) is 0 Å². The molecule has 0 aliphatic heterocycles. The fraction of sp³-hybridized carbons (Fsp3) is 0.917. The van der Waals surface area contributed by atoms with Crippen LogP contribution < -0.4 is 0 Å². The molecule has 4 bridgehead atoms. The molecule has 0 aromatic rings. The first-order valence-corrected chi connectivity index (χ1v) is 11.4. The van der Waals surface area contributed by atoms with Crippen molar-refractivity contribution in [2.75, 3.05) is 0 Å². The van der Waals surface area contributed by atoms with Crippen LogP contribution in [0.1, 0.15) is 39.5 Å². The lowest BCUT2D eigenvalue weighted by molar-refractivity contribution is -0.0581. The molecule has 0 aromatic heterocycles. The van der Waals surface area contributed by atoms with Gasteiger partial charge in [0.2, 0.25) is 0 Å². The number of rotatable bonds is 0. The minimum atomic E-state index is 0.722. The van der Waals surface area contributed by atoms with Crippen LogP contribution in [0.5, 0.6) is 0 Å². The summed E-state index contributed by atoms with van der Waals surface area (Å²) in [6, 6.07) is 0. The Morgan fingerprint density at radius 1 is 0.583 bits per heavy atom. The van der Waals surface area contributed by atoms with Crippen LogP contribution in [0.15, 0.2) is 11.1 Å². The zero-order chi connectivity index (χ0) is 15.1. The van der Waals surface area contributed by atoms with Crippen molar-refractivity contribution in [2.24, 2.45) is 93.7 Å². The third-order valence-electron chi connectivity index (χ3n) is 13.8. The van der Waals surface area contributed by atoms with Crippen LogP contribution in [-0.4, -0.2) is 0 Å². The molecule has 0 saturated heterocycles. The highest BCUT2D eigenvalue weighted by atomic mass is 14.9. The first-order chi connectivity index (χ1) is 11.7. The Kier molecular flexibility index (Phi) is 1.26. The van der Waals surface area contributed by atoms with Crippen molar-refractivity contribution in [1.29, 1.82) is 0 Å². The van der Waals surface area contributed by atoms with Gasteiger partial charge in [0.05, 0.1) is 0 Å². The Labute approximate surface area is 144 Å². The molecular formula is C24H28. The summed E-state index contributed by atoms with van der Waals surface area (Å²) in [7, 11) is 0. The highest BCUT2D eigenvalue weighted by molar-refractivity contribution is 5.54. The summed E-state index contributed by atoms with van der Waals surface area (Å²) >= 11 is 0. The maximum Gasteiger partial charge on any atom is -0.00453 e. The SMILES string of the molecule is CC12/C(=C3\C4C5CC6C7C5CC4C7C36C)C3C4CC1C1C4CC3C12. The standard InChI is InChI=1S/C24H28/c1-23-13-5-9-7-3-11(19(23)17(7)13)15(9)21(23)22-16-10-6-14-18-8(10)4-12(16)20(18)24(14,22)2/h7-20H,3-6H2,1-2H3/b22-21+. The van der Waals surface area contributed by atoms with E-state index < -0.39 is 0 Å². The monoisotopic (exact) mass is 316 g/mol. The zero-order valence-corrected chi connectivity index (χ0v) is 14.9. The molecule has 10 fully saturated rings. The molecule has 0 radical (unpaired) electrons. The molecule has 0 nitrogen and oxygen atoms in total. The summed E-state index contributed by atoms with van der Waals surface area (Å²) in [5.41, 5.74) is 5.87. The Hall–Kier alpha value is -0.260. The van der Waals surface area contributed by atoms with E-state index in [0.29, 0.717) is 0 Å². The second-order valence-electron chi connectivity index (χ2n) is 12.8. The minimum Gasteiger partial charge on any atom is -0.0599 e. The quantitative estimate of drug-likeness (QED) is 0.572. The molecule has 0 heteroatoms. The van der Waals surface area contributed by atoms with E-state index >= 15 is 0 Å². The number of hydrogen-bond acceptors (Lipinski definition) is 0. The van der Waals surface area contributed by atoms with Gasteiger partial charge in [-0.2, -0.15) is 0 Å². The second kappa shape index (κ2) is 2.65. The molecule has 16 atom stereocenters. The molecule has 0 amide bonds. The van der Waals surface area contributed by atoms with Gasteiger partial charge in [0.1, 0.15) is 0 Å². The smallest absolute Gasteiger partial charge is 0.00453 e. The highest BCUT2D eigenvalue weighted by Crippen LogP contribution is 2.94. The molecule has 10 rings (SSSR count). The average molecular weight is 316 g/mol. The van der Waals surface area contributed by atoms with E-state index in [1.807, 2.05) is 0 Å². The van der Waals surface area contributed by atoms with Crippen molar-refractivity contribution in [1.82, 2.24) is 0 Å². The van der Waals surface area contributed by atoms with Crippen molar-refractivity contribution in [3.8, 4) is 0 Å². The molecular weight excluding hydrogens is 288 g/mol. The van der Waals surface area contributed by atoms with Gasteiger partial charge in [-0.15, -0.1) is 0 Å². The van der Waals surface area contributed by atoms with Crippen molar-refractivity contribution in [2.45, 2.75) is 39.5 Å². The summed E-state index contributed by atoms with van der Waals surface area (Å²) in [5, 5.41) is 0. The predicted octanol–water partition coefficient (Wildman–Crippen LogP) is 4.62. The zero-order valence-electron chi connectivity index (χ0n) is 14.9. The van der Waals surface area contributed by atoms with E-state index in [-0.39, 0.29) is 0 Å². The van der Waals surface area contributed by atoms with Crippen LogP contribution in [0, 0.1) is 93.7 Å². The lowest BCUT2D eigenvalue weighted by Gasteiger charge is -2.60. The van der Waals surface area contributed by atoms with Gasteiger partial charge in [0.15, 0.2) is 0 Å². The van der Waals surface area contributed by atoms with E-state index in [0.717, 1.165) is 34.5 Å². The molecule has 0 spiro atoms. The molecule has 16 unspecified atom stereocenters. The van der Waals surface area contributed by atoms with Crippen molar-refractivity contribution in [3.05, 3.63) is 11.1 Å².